The number of benzene rings is 1. The molecule has 0 radical (unpaired) electrons. The number of nitrogens with zero attached hydrogens (tertiary/aromatic N) is 4. The number of nitriles is 1. The van der Waals surface area contributed by atoms with Crippen LogP contribution < -0.4 is 11.3 Å². The first-order valence-corrected chi connectivity index (χ1v) is 7.39. The van der Waals surface area contributed by atoms with Crippen molar-refractivity contribution in [3.05, 3.63) is 64.2 Å². The molecule has 2 aromatic heterocycles. The van der Waals surface area contributed by atoms with Crippen LogP contribution in [0.3, 0.4) is 0 Å². The van der Waals surface area contributed by atoms with Gasteiger partial charge in [0.15, 0.2) is 0 Å². The minimum Gasteiger partial charge on any atom is -0.321 e. The number of aromatic nitrogens is 3. The zero-order chi connectivity index (χ0) is 17.3. The van der Waals surface area contributed by atoms with Gasteiger partial charge in [0.1, 0.15) is 23.2 Å². The lowest BCUT2D eigenvalue weighted by molar-refractivity contribution is 0.609. The van der Waals surface area contributed by atoms with Gasteiger partial charge in [-0.1, -0.05) is 6.92 Å². The highest BCUT2D eigenvalue weighted by molar-refractivity contribution is 5.84. The third kappa shape index (κ3) is 2.43. The van der Waals surface area contributed by atoms with Crippen LogP contribution in [-0.2, 0) is 0 Å². The molecule has 0 bridgehead atoms. The molecule has 3 rings (SSSR count). The average Bonchev–Trinajstić information content (AvgIpc) is 2.62. The molecule has 120 valence electrons. The van der Waals surface area contributed by atoms with E-state index in [2.05, 4.69) is 9.97 Å². The van der Waals surface area contributed by atoms with Crippen molar-refractivity contribution < 1.29 is 4.39 Å². The number of pyridine rings is 1. The molecule has 0 spiro atoms. The molecule has 2 heterocycles. The van der Waals surface area contributed by atoms with E-state index in [9.17, 15) is 14.4 Å². The summed E-state index contributed by atoms with van der Waals surface area (Å²) in [5, 5.41) is 9.19. The number of hydrogen-bond donors (Lipinski definition) is 1. The molecular formula is C17H14FN5O. The van der Waals surface area contributed by atoms with Crippen LogP contribution >= 0.6 is 0 Å². The Labute approximate surface area is 137 Å². The fraction of sp³-hybridized carbons (Fsp3) is 0.176. The Balaban J connectivity index is 2.52. The van der Waals surface area contributed by atoms with Crippen LogP contribution in [0.1, 0.15) is 30.8 Å². The van der Waals surface area contributed by atoms with Crippen LogP contribution in [0.4, 0.5) is 4.39 Å². The van der Waals surface area contributed by atoms with Gasteiger partial charge in [0.05, 0.1) is 28.9 Å². The zero-order valence-corrected chi connectivity index (χ0v) is 12.9. The number of nitrogens with two attached hydrogens (primary N) is 1. The maximum absolute atomic E-state index is 14.2. The standard InChI is InChI=1S/C17H14FN5O/c1-2-13(20)16-22-15-12(18)6-5-10(8-19)14(15)17(24)23(16)11-4-3-7-21-9-11/h3-7,9,13H,2,20H2,1H3/t13-/m0/s1. The van der Waals surface area contributed by atoms with Crippen LogP contribution in [-0.4, -0.2) is 14.5 Å². The normalized spacial score (nSPS) is 12.1. The highest BCUT2D eigenvalue weighted by atomic mass is 19.1. The molecule has 0 unspecified atom stereocenters. The second-order valence-corrected chi connectivity index (χ2v) is 5.27. The summed E-state index contributed by atoms with van der Waals surface area (Å²) in [6.07, 6.45) is 3.58. The van der Waals surface area contributed by atoms with E-state index in [1.165, 1.54) is 16.8 Å². The van der Waals surface area contributed by atoms with Gasteiger partial charge in [-0.2, -0.15) is 5.26 Å². The Hall–Kier alpha value is -3.11. The number of halogens is 1. The molecule has 0 fully saturated rings. The fourth-order valence-electron chi connectivity index (χ4n) is 2.53. The number of rotatable bonds is 3. The van der Waals surface area contributed by atoms with Gasteiger partial charge in [-0.25, -0.2) is 9.37 Å². The summed E-state index contributed by atoms with van der Waals surface area (Å²) >= 11 is 0. The summed E-state index contributed by atoms with van der Waals surface area (Å²) in [5.41, 5.74) is 5.93. The van der Waals surface area contributed by atoms with E-state index in [0.717, 1.165) is 6.07 Å². The summed E-state index contributed by atoms with van der Waals surface area (Å²) < 4.78 is 15.5. The Bertz CT molecular complexity index is 1010. The van der Waals surface area contributed by atoms with Crippen molar-refractivity contribution in [3.8, 4) is 11.8 Å². The van der Waals surface area contributed by atoms with Gasteiger partial charge >= 0.3 is 0 Å². The van der Waals surface area contributed by atoms with E-state index >= 15 is 0 Å². The van der Waals surface area contributed by atoms with E-state index in [1.54, 1.807) is 18.3 Å². The van der Waals surface area contributed by atoms with Crippen LogP contribution in [0.25, 0.3) is 16.6 Å². The summed E-state index contributed by atoms with van der Waals surface area (Å²) in [6, 6.07) is 7.10. The van der Waals surface area contributed by atoms with Crippen molar-refractivity contribution in [2.24, 2.45) is 5.73 Å². The highest BCUT2D eigenvalue weighted by Gasteiger charge is 2.21. The van der Waals surface area contributed by atoms with Crippen LogP contribution in [0.15, 0.2) is 41.5 Å². The van der Waals surface area contributed by atoms with Gasteiger partial charge in [0.25, 0.3) is 5.56 Å². The maximum atomic E-state index is 14.2. The first-order chi connectivity index (χ1) is 11.6. The predicted octanol–water partition coefficient (Wildman–Crippen LogP) is 2.20. The zero-order valence-electron chi connectivity index (χ0n) is 12.9. The summed E-state index contributed by atoms with van der Waals surface area (Å²) in [5.74, 6) is -0.430. The van der Waals surface area contributed by atoms with E-state index in [0.29, 0.717) is 12.1 Å². The van der Waals surface area contributed by atoms with Gasteiger partial charge in [-0.15, -0.1) is 0 Å². The van der Waals surface area contributed by atoms with Gasteiger partial charge in [0.2, 0.25) is 0 Å². The van der Waals surface area contributed by atoms with Crippen molar-refractivity contribution in [2.75, 3.05) is 0 Å². The molecule has 1 aromatic carbocycles. The molecule has 7 heteroatoms. The van der Waals surface area contributed by atoms with Gasteiger partial charge < -0.3 is 5.73 Å². The fourth-order valence-corrected chi connectivity index (χ4v) is 2.53. The lowest BCUT2D eigenvalue weighted by atomic mass is 10.1. The van der Waals surface area contributed by atoms with Crippen LogP contribution in [0.2, 0.25) is 0 Å². The summed E-state index contributed by atoms with van der Waals surface area (Å²) in [7, 11) is 0. The van der Waals surface area contributed by atoms with Crippen molar-refractivity contribution in [1.82, 2.24) is 14.5 Å². The molecular weight excluding hydrogens is 309 g/mol. The molecule has 3 aromatic rings. The van der Waals surface area contributed by atoms with E-state index in [-0.39, 0.29) is 22.3 Å². The van der Waals surface area contributed by atoms with Crippen LogP contribution in [0, 0.1) is 17.1 Å². The quantitative estimate of drug-likeness (QED) is 0.797. The number of fused-ring (bicyclic) bond motifs is 1. The van der Waals surface area contributed by atoms with Gasteiger partial charge in [-0.3, -0.25) is 14.3 Å². The minimum atomic E-state index is -0.663. The van der Waals surface area contributed by atoms with Crippen LogP contribution in [0.5, 0.6) is 0 Å². The third-order valence-corrected chi connectivity index (χ3v) is 3.80. The summed E-state index contributed by atoms with van der Waals surface area (Å²) in [6.45, 7) is 1.84. The smallest absolute Gasteiger partial charge is 0.267 e. The molecule has 0 aliphatic carbocycles. The molecule has 0 saturated heterocycles. The molecule has 6 nitrogen and oxygen atoms in total. The molecule has 0 saturated carbocycles. The van der Waals surface area contributed by atoms with Crippen molar-refractivity contribution in [2.45, 2.75) is 19.4 Å². The van der Waals surface area contributed by atoms with E-state index in [1.807, 2.05) is 13.0 Å². The Morgan fingerprint density at radius 3 is 2.83 bits per heavy atom. The SMILES string of the molecule is CC[C@H](N)c1nc2c(F)ccc(C#N)c2c(=O)n1-c1cccnc1. The molecule has 2 N–H and O–H groups in total. The van der Waals surface area contributed by atoms with Crippen molar-refractivity contribution in [3.63, 3.8) is 0 Å². The lowest BCUT2D eigenvalue weighted by Gasteiger charge is -2.17. The van der Waals surface area contributed by atoms with Gasteiger partial charge in [-0.05, 0) is 30.7 Å². The molecule has 24 heavy (non-hydrogen) atoms. The topological polar surface area (TPSA) is 97.6 Å². The minimum absolute atomic E-state index is 0.0617. The predicted molar refractivity (Wildman–Crippen MR) is 87.0 cm³/mol. The molecule has 0 amide bonds. The molecule has 0 aliphatic heterocycles. The van der Waals surface area contributed by atoms with Gasteiger partial charge in [0, 0.05) is 6.20 Å². The number of hydrogen-bond acceptors (Lipinski definition) is 5. The van der Waals surface area contributed by atoms with E-state index < -0.39 is 17.4 Å². The lowest BCUT2D eigenvalue weighted by Crippen LogP contribution is -2.29. The first kappa shape index (κ1) is 15.8. The molecule has 0 aliphatic rings. The Morgan fingerprint density at radius 1 is 1.42 bits per heavy atom. The Kier molecular flexibility index (Phi) is 4.06. The Morgan fingerprint density at radius 2 is 2.21 bits per heavy atom. The second-order valence-electron chi connectivity index (χ2n) is 5.27. The van der Waals surface area contributed by atoms with E-state index in [4.69, 9.17) is 5.73 Å². The maximum Gasteiger partial charge on any atom is 0.267 e. The second kappa shape index (κ2) is 6.18. The first-order valence-electron chi connectivity index (χ1n) is 7.39. The third-order valence-electron chi connectivity index (χ3n) is 3.80. The monoisotopic (exact) mass is 323 g/mol. The van der Waals surface area contributed by atoms with Crippen molar-refractivity contribution in [1.29, 1.82) is 5.26 Å². The summed E-state index contributed by atoms with van der Waals surface area (Å²) in [4.78, 5) is 21.3. The highest BCUT2D eigenvalue weighted by Crippen LogP contribution is 2.22. The molecule has 1 atom stereocenters. The van der Waals surface area contributed by atoms with Crippen molar-refractivity contribution >= 4 is 10.9 Å². The average molecular weight is 323 g/mol. The largest absolute Gasteiger partial charge is 0.321 e.